The summed E-state index contributed by atoms with van der Waals surface area (Å²) in [6.45, 7) is 0. The van der Waals surface area contributed by atoms with Crippen LogP contribution in [0.25, 0.3) is 0 Å². The van der Waals surface area contributed by atoms with Crippen LogP contribution in [-0.4, -0.2) is 14.9 Å². The molecule has 0 saturated carbocycles. The lowest BCUT2D eigenvalue weighted by Crippen LogP contribution is -1.93. The van der Waals surface area contributed by atoms with Crippen molar-refractivity contribution in [3.63, 3.8) is 0 Å². The van der Waals surface area contributed by atoms with Crippen LogP contribution in [0.2, 0.25) is 5.02 Å². The second-order valence-electron chi connectivity index (χ2n) is 3.15. The predicted octanol–water partition coefficient (Wildman–Crippen LogP) is 3.44. The normalized spacial score (nSPS) is 10.1. The minimum absolute atomic E-state index is 0.0928. The van der Waals surface area contributed by atoms with Crippen molar-refractivity contribution in [2.75, 3.05) is 0 Å². The number of halogens is 2. The molecule has 0 fully saturated rings. The number of benzene rings is 1. The Bertz CT molecular complexity index is 609. The molecular formula is C10H5ClIN3O3. The van der Waals surface area contributed by atoms with E-state index in [0.717, 1.165) is 0 Å². The molecule has 1 aromatic carbocycles. The first-order valence-electron chi connectivity index (χ1n) is 4.65. The Morgan fingerprint density at radius 2 is 2.22 bits per heavy atom. The molecule has 0 aliphatic heterocycles. The molecule has 0 atom stereocenters. The van der Waals surface area contributed by atoms with Gasteiger partial charge in [-0.25, -0.2) is 9.97 Å². The van der Waals surface area contributed by atoms with Gasteiger partial charge in [-0.1, -0.05) is 11.6 Å². The number of nitrogens with zero attached hydrogens (tertiary/aromatic N) is 3. The SMILES string of the molecule is O=[N+]([O-])c1ccc(Oc2ncncc2I)c(Cl)c1. The highest BCUT2D eigenvalue weighted by molar-refractivity contribution is 14.1. The smallest absolute Gasteiger partial charge is 0.271 e. The molecule has 0 spiro atoms. The number of non-ortho nitro benzene ring substituents is 1. The van der Waals surface area contributed by atoms with Gasteiger partial charge in [0.1, 0.15) is 12.1 Å². The largest absolute Gasteiger partial charge is 0.436 e. The number of hydrogen-bond donors (Lipinski definition) is 0. The fourth-order valence-corrected chi connectivity index (χ4v) is 1.79. The maximum absolute atomic E-state index is 10.6. The third-order valence-electron chi connectivity index (χ3n) is 1.97. The molecular weight excluding hydrogens is 372 g/mol. The van der Waals surface area contributed by atoms with Crippen molar-refractivity contribution < 1.29 is 9.66 Å². The molecule has 0 aliphatic carbocycles. The van der Waals surface area contributed by atoms with Gasteiger partial charge in [0.05, 0.1) is 13.5 Å². The third-order valence-corrected chi connectivity index (χ3v) is 3.00. The average Bonchev–Trinajstić information content (AvgIpc) is 2.34. The van der Waals surface area contributed by atoms with Crippen LogP contribution in [0.4, 0.5) is 5.69 Å². The summed E-state index contributed by atoms with van der Waals surface area (Å²) in [5, 5.41) is 10.7. The molecule has 2 aromatic rings. The molecule has 0 aliphatic rings. The number of rotatable bonds is 3. The highest BCUT2D eigenvalue weighted by atomic mass is 127. The summed E-state index contributed by atoms with van der Waals surface area (Å²) < 4.78 is 6.17. The van der Waals surface area contributed by atoms with E-state index in [1.807, 2.05) is 22.6 Å². The van der Waals surface area contributed by atoms with Gasteiger partial charge in [0, 0.05) is 18.3 Å². The number of ether oxygens (including phenoxy) is 1. The van der Waals surface area contributed by atoms with Crippen molar-refractivity contribution >= 4 is 39.9 Å². The standard InChI is InChI=1S/C10H5ClIN3O3/c11-7-3-6(15(16)17)1-2-9(7)18-10-8(12)4-13-5-14-10/h1-5H. The molecule has 1 aromatic heterocycles. The summed E-state index contributed by atoms with van der Waals surface area (Å²) in [7, 11) is 0. The summed E-state index contributed by atoms with van der Waals surface area (Å²) in [6.07, 6.45) is 2.93. The minimum atomic E-state index is -0.524. The second kappa shape index (κ2) is 5.44. The van der Waals surface area contributed by atoms with Crippen LogP contribution in [0, 0.1) is 13.7 Å². The highest BCUT2D eigenvalue weighted by Crippen LogP contribution is 2.32. The summed E-state index contributed by atoms with van der Waals surface area (Å²) in [6, 6.07) is 3.97. The van der Waals surface area contributed by atoms with Gasteiger partial charge in [-0.05, 0) is 28.7 Å². The first kappa shape index (κ1) is 13.0. The molecule has 1 heterocycles. The number of nitro groups is 1. The molecule has 92 valence electrons. The van der Waals surface area contributed by atoms with E-state index in [-0.39, 0.29) is 10.7 Å². The minimum Gasteiger partial charge on any atom is -0.436 e. The van der Waals surface area contributed by atoms with E-state index in [4.69, 9.17) is 16.3 Å². The summed E-state index contributed by atoms with van der Waals surface area (Å²) >= 11 is 7.92. The van der Waals surface area contributed by atoms with Crippen molar-refractivity contribution in [2.45, 2.75) is 0 Å². The molecule has 0 unspecified atom stereocenters. The number of aromatic nitrogens is 2. The zero-order chi connectivity index (χ0) is 13.1. The lowest BCUT2D eigenvalue weighted by molar-refractivity contribution is -0.384. The monoisotopic (exact) mass is 377 g/mol. The van der Waals surface area contributed by atoms with Gasteiger partial charge in [-0.3, -0.25) is 10.1 Å². The van der Waals surface area contributed by atoms with E-state index >= 15 is 0 Å². The van der Waals surface area contributed by atoms with Gasteiger partial charge in [0.25, 0.3) is 5.69 Å². The first-order valence-corrected chi connectivity index (χ1v) is 6.11. The zero-order valence-corrected chi connectivity index (χ0v) is 11.6. The van der Waals surface area contributed by atoms with Crippen LogP contribution in [0.1, 0.15) is 0 Å². The average molecular weight is 378 g/mol. The predicted molar refractivity (Wildman–Crippen MR) is 72.9 cm³/mol. The third kappa shape index (κ3) is 2.85. The summed E-state index contributed by atoms with van der Waals surface area (Å²) in [4.78, 5) is 17.8. The Labute approximate surface area is 120 Å². The van der Waals surface area contributed by atoms with Gasteiger partial charge in [-0.2, -0.15) is 0 Å². The number of hydrogen-bond acceptors (Lipinski definition) is 5. The molecule has 0 N–H and O–H groups in total. The van der Waals surface area contributed by atoms with E-state index in [9.17, 15) is 10.1 Å². The molecule has 18 heavy (non-hydrogen) atoms. The van der Waals surface area contributed by atoms with Crippen LogP contribution in [0.15, 0.2) is 30.7 Å². The summed E-state index contributed by atoms with van der Waals surface area (Å²) in [5.41, 5.74) is -0.0928. The molecule has 0 bridgehead atoms. The fraction of sp³-hybridized carbons (Fsp3) is 0. The van der Waals surface area contributed by atoms with Gasteiger partial charge in [-0.15, -0.1) is 0 Å². The lowest BCUT2D eigenvalue weighted by Gasteiger charge is -2.07. The Morgan fingerprint density at radius 3 is 2.83 bits per heavy atom. The van der Waals surface area contributed by atoms with Crippen LogP contribution < -0.4 is 4.74 Å². The van der Waals surface area contributed by atoms with Crippen molar-refractivity contribution in [3.05, 3.63) is 49.4 Å². The van der Waals surface area contributed by atoms with Crippen molar-refractivity contribution in [3.8, 4) is 11.6 Å². The maximum Gasteiger partial charge on any atom is 0.271 e. The van der Waals surface area contributed by atoms with Crippen LogP contribution in [0.3, 0.4) is 0 Å². The van der Waals surface area contributed by atoms with Crippen molar-refractivity contribution in [1.82, 2.24) is 9.97 Å². The lowest BCUT2D eigenvalue weighted by atomic mass is 10.3. The van der Waals surface area contributed by atoms with Crippen LogP contribution in [0.5, 0.6) is 11.6 Å². The molecule has 6 nitrogen and oxygen atoms in total. The van der Waals surface area contributed by atoms with Crippen LogP contribution >= 0.6 is 34.2 Å². The van der Waals surface area contributed by atoms with Gasteiger partial charge < -0.3 is 4.74 Å². The molecule has 2 rings (SSSR count). The van der Waals surface area contributed by atoms with Crippen LogP contribution in [-0.2, 0) is 0 Å². The van der Waals surface area contributed by atoms with E-state index in [1.165, 1.54) is 24.5 Å². The molecule has 0 saturated heterocycles. The Balaban J connectivity index is 2.30. The fourth-order valence-electron chi connectivity index (χ4n) is 1.17. The van der Waals surface area contributed by atoms with E-state index in [2.05, 4.69) is 9.97 Å². The van der Waals surface area contributed by atoms with E-state index < -0.39 is 4.92 Å². The Hall–Kier alpha value is -1.48. The van der Waals surface area contributed by atoms with Gasteiger partial charge in [0.2, 0.25) is 5.88 Å². The molecule has 8 heteroatoms. The Morgan fingerprint density at radius 1 is 1.44 bits per heavy atom. The van der Waals surface area contributed by atoms with Crippen molar-refractivity contribution in [1.29, 1.82) is 0 Å². The Kier molecular flexibility index (Phi) is 3.92. The topological polar surface area (TPSA) is 78.2 Å². The van der Waals surface area contributed by atoms with E-state index in [0.29, 0.717) is 15.2 Å². The second-order valence-corrected chi connectivity index (χ2v) is 4.72. The van der Waals surface area contributed by atoms with Gasteiger partial charge >= 0.3 is 0 Å². The quantitative estimate of drug-likeness (QED) is 0.465. The zero-order valence-electron chi connectivity index (χ0n) is 8.71. The van der Waals surface area contributed by atoms with Gasteiger partial charge in [0.15, 0.2) is 0 Å². The first-order chi connectivity index (χ1) is 8.58. The molecule has 0 amide bonds. The van der Waals surface area contributed by atoms with Crippen molar-refractivity contribution in [2.24, 2.45) is 0 Å². The molecule has 0 radical (unpaired) electrons. The summed E-state index contributed by atoms with van der Waals surface area (Å²) in [5.74, 6) is 0.653. The van der Waals surface area contributed by atoms with E-state index in [1.54, 1.807) is 6.20 Å². The number of nitro benzene ring substituents is 1. The maximum atomic E-state index is 10.6. The highest BCUT2D eigenvalue weighted by Gasteiger charge is 2.12.